The minimum atomic E-state index is -0.256. The van der Waals surface area contributed by atoms with Crippen LogP contribution in [0.1, 0.15) is 24.4 Å². The molecule has 0 saturated heterocycles. The topological polar surface area (TPSA) is 54.3 Å². The van der Waals surface area contributed by atoms with Gasteiger partial charge >= 0.3 is 0 Å². The second kappa shape index (κ2) is 4.87. The van der Waals surface area contributed by atoms with Crippen molar-refractivity contribution in [3.05, 3.63) is 23.8 Å². The van der Waals surface area contributed by atoms with Crippen LogP contribution in [0.4, 0.5) is 0 Å². The van der Waals surface area contributed by atoms with Crippen molar-refractivity contribution in [2.45, 2.75) is 18.9 Å². The Hall–Kier alpha value is -1.73. The zero-order chi connectivity index (χ0) is 13.2. The second-order valence-corrected chi connectivity index (χ2v) is 4.60. The molecule has 4 nitrogen and oxygen atoms in total. The SMILES string of the molecule is CNC(c1ccc(OC)c(OC)c1)C1(C#N)CC1. The van der Waals surface area contributed by atoms with E-state index < -0.39 is 0 Å². The summed E-state index contributed by atoms with van der Waals surface area (Å²) in [6.07, 6.45) is 1.90. The van der Waals surface area contributed by atoms with E-state index >= 15 is 0 Å². The molecule has 2 rings (SSSR count). The highest BCUT2D eigenvalue weighted by Gasteiger charge is 2.50. The standard InChI is InChI=1S/C14H18N2O2/c1-16-13(14(9-15)6-7-14)10-4-5-11(17-2)12(8-10)18-3/h4-5,8,13,16H,6-7H2,1-3H3. The molecular formula is C14H18N2O2. The van der Waals surface area contributed by atoms with E-state index in [4.69, 9.17) is 9.47 Å². The molecule has 0 bridgehead atoms. The molecule has 0 aromatic heterocycles. The van der Waals surface area contributed by atoms with Gasteiger partial charge in [-0.2, -0.15) is 5.26 Å². The number of rotatable bonds is 5. The highest BCUT2D eigenvalue weighted by Crippen LogP contribution is 2.54. The quantitative estimate of drug-likeness (QED) is 0.866. The fraction of sp³-hybridized carbons (Fsp3) is 0.500. The van der Waals surface area contributed by atoms with Crippen LogP contribution in [0.2, 0.25) is 0 Å². The minimum absolute atomic E-state index is 0.0438. The molecule has 96 valence electrons. The first kappa shape index (κ1) is 12.7. The fourth-order valence-corrected chi connectivity index (χ4v) is 2.39. The predicted molar refractivity (Wildman–Crippen MR) is 68.6 cm³/mol. The molecule has 0 aliphatic heterocycles. The summed E-state index contributed by atoms with van der Waals surface area (Å²) in [5, 5.41) is 12.5. The van der Waals surface area contributed by atoms with Crippen molar-refractivity contribution in [3.8, 4) is 17.6 Å². The number of nitriles is 1. The zero-order valence-corrected chi connectivity index (χ0v) is 11.0. The van der Waals surface area contributed by atoms with Crippen molar-refractivity contribution in [2.24, 2.45) is 5.41 Å². The molecule has 1 unspecified atom stereocenters. The summed E-state index contributed by atoms with van der Waals surface area (Å²) in [6, 6.07) is 8.29. The fourth-order valence-electron chi connectivity index (χ4n) is 2.39. The molecule has 0 spiro atoms. The van der Waals surface area contributed by atoms with E-state index in [0.717, 1.165) is 18.4 Å². The summed E-state index contributed by atoms with van der Waals surface area (Å²) in [7, 11) is 5.12. The van der Waals surface area contributed by atoms with Gasteiger partial charge in [-0.15, -0.1) is 0 Å². The smallest absolute Gasteiger partial charge is 0.161 e. The van der Waals surface area contributed by atoms with E-state index in [-0.39, 0.29) is 11.5 Å². The minimum Gasteiger partial charge on any atom is -0.493 e. The van der Waals surface area contributed by atoms with Gasteiger partial charge in [-0.25, -0.2) is 0 Å². The van der Waals surface area contributed by atoms with Crippen molar-refractivity contribution < 1.29 is 9.47 Å². The molecule has 1 aromatic carbocycles. The van der Waals surface area contributed by atoms with Crippen LogP contribution in [-0.4, -0.2) is 21.3 Å². The molecule has 4 heteroatoms. The number of nitrogens with one attached hydrogen (secondary N) is 1. The van der Waals surface area contributed by atoms with Crippen molar-refractivity contribution in [1.29, 1.82) is 5.26 Å². The van der Waals surface area contributed by atoms with Gasteiger partial charge in [-0.05, 0) is 37.6 Å². The molecule has 1 fully saturated rings. The third kappa shape index (κ3) is 2.02. The van der Waals surface area contributed by atoms with Crippen molar-refractivity contribution in [2.75, 3.05) is 21.3 Å². The summed E-state index contributed by atoms with van der Waals surface area (Å²) in [6.45, 7) is 0. The largest absolute Gasteiger partial charge is 0.493 e. The van der Waals surface area contributed by atoms with Crippen molar-refractivity contribution >= 4 is 0 Å². The van der Waals surface area contributed by atoms with E-state index in [1.165, 1.54) is 0 Å². The maximum atomic E-state index is 9.30. The van der Waals surface area contributed by atoms with E-state index in [2.05, 4.69) is 11.4 Å². The summed E-state index contributed by atoms with van der Waals surface area (Å²) >= 11 is 0. The summed E-state index contributed by atoms with van der Waals surface area (Å²) in [5.41, 5.74) is 0.808. The zero-order valence-electron chi connectivity index (χ0n) is 11.0. The Labute approximate surface area is 108 Å². The highest BCUT2D eigenvalue weighted by molar-refractivity contribution is 5.45. The molecule has 0 amide bonds. The number of hydrogen-bond donors (Lipinski definition) is 1. The van der Waals surface area contributed by atoms with Gasteiger partial charge in [0, 0.05) is 0 Å². The molecule has 1 aromatic rings. The van der Waals surface area contributed by atoms with Crippen molar-refractivity contribution in [3.63, 3.8) is 0 Å². The Morgan fingerprint density at radius 3 is 2.39 bits per heavy atom. The molecular weight excluding hydrogens is 228 g/mol. The van der Waals surface area contributed by atoms with Crippen LogP contribution in [0.15, 0.2) is 18.2 Å². The van der Waals surface area contributed by atoms with Gasteiger partial charge in [-0.3, -0.25) is 0 Å². The lowest BCUT2D eigenvalue weighted by Gasteiger charge is -2.22. The van der Waals surface area contributed by atoms with Crippen LogP contribution in [0.25, 0.3) is 0 Å². The lowest BCUT2D eigenvalue weighted by atomic mass is 9.91. The molecule has 1 aliphatic carbocycles. The van der Waals surface area contributed by atoms with Crippen LogP contribution >= 0.6 is 0 Å². The highest BCUT2D eigenvalue weighted by atomic mass is 16.5. The third-order valence-electron chi connectivity index (χ3n) is 3.59. The lowest BCUT2D eigenvalue weighted by molar-refractivity contribution is 0.352. The number of hydrogen-bond acceptors (Lipinski definition) is 4. The van der Waals surface area contributed by atoms with E-state index in [1.54, 1.807) is 14.2 Å². The summed E-state index contributed by atoms with van der Waals surface area (Å²) in [4.78, 5) is 0. The Morgan fingerprint density at radius 1 is 1.28 bits per heavy atom. The molecule has 0 radical (unpaired) electrons. The van der Waals surface area contributed by atoms with Crippen LogP contribution in [0.5, 0.6) is 11.5 Å². The average molecular weight is 246 g/mol. The van der Waals surface area contributed by atoms with Crippen LogP contribution < -0.4 is 14.8 Å². The third-order valence-corrected chi connectivity index (χ3v) is 3.59. The van der Waals surface area contributed by atoms with E-state index in [9.17, 15) is 5.26 Å². The summed E-state index contributed by atoms with van der Waals surface area (Å²) < 4.78 is 10.5. The monoisotopic (exact) mass is 246 g/mol. The molecule has 1 atom stereocenters. The normalized spacial score (nSPS) is 17.7. The van der Waals surface area contributed by atoms with Gasteiger partial charge in [0.05, 0.1) is 31.7 Å². The second-order valence-electron chi connectivity index (χ2n) is 4.60. The van der Waals surface area contributed by atoms with Gasteiger partial charge < -0.3 is 14.8 Å². The van der Waals surface area contributed by atoms with Gasteiger partial charge in [0.15, 0.2) is 11.5 Å². The number of benzene rings is 1. The van der Waals surface area contributed by atoms with Gasteiger partial charge in [-0.1, -0.05) is 6.07 Å². The van der Waals surface area contributed by atoms with E-state index in [0.29, 0.717) is 11.5 Å². The Morgan fingerprint density at radius 2 is 1.94 bits per heavy atom. The maximum Gasteiger partial charge on any atom is 0.161 e. The molecule has 1 aliphatic rings. The van der Waals surface area contributed by atoms with Gasteiger partial charge in [0.25, 0.3) is 0 Å². The van der Waals surface area contributed by atoms with Crippen LogP contribution in [0.3, 0.4) is 0 Å². The van der Waals surface area contributed by atoms with Crippen molar-refractivity contribution in [1.82, 2.24) is 5.32 Å². The molecule has 0 heterocycles. The van der Waals surface area contributed by atoms with Gasteiger partial charge in [0.1, 0.15) is 0 Å². The van der Waals surface area contributed by atoms with Crippen LogP contribution in [-0.2, 0) is 0 Å². The van der Waals surface area contributed by atoms with E-state index in [1.807, 2.05) is 25.2 Å². The predicted octanol–water partition coefficient (Wildman–Crippen LogP) is 2.27. The molecule has 1 saturated carbocycles. The Kier molecular flexibility index (Phi) is 3.44. The maximum absolute atomic E-state index is 9.30. The number of methoxy groups -OCH3 is 2. The summed E-state index contributed by atoms with van der Waals surface area (Å²) in [5.74, 6) is 1.40. The van der Waals surface area contributed by atoms with Gasteiger partial charge in [0.2, 0.25) is 0 Å². The first-order chi connectivity index (χ1) is 8.70. The average Bonchev–Trinajstić information content (AvgIpc) is 3.20. The molecule has 1 N–H and O–H groups in total. The molecule has 18 heavy (non-hydrogen) atoms. The lowest BCUT2D eigenvalue weighted by Crippen LogP contribution is -2.25. The Bertz CT molecular complexity index is 475. The Balaban J connectivity index is 2.35. The van der Waals surface area contributed by atoms with Crippen LogP contribution in [0, 0.1) is 16.7 Å². The first-order valence-corrected chi connectivity index (χ1v) is 6.01. The first-order valence-electron chi connectivity index (χ1n) is 6.01. The number of ether oxygens (including phenoxy) is 2. The number of nitrogens with zero attached hydrogens (tertiary/aromatic N) is 1.